The summed E-state index contributed by atoms with van der Waals surface area (Å²) < 4.78 is 16.8. The van der Waals surface area contributed by atoms with Gasteiger partial charge in [-0.15, -0.1) is 0 Å². The lowest BCUT2D eigenvalue weighted by Crippen LogP contribution is -2.30. The van der Waals surface area contributed by atoms with E-state index in [9.17, 15) is 14.4 Å². The summed E-state index contributed by atoms with van der Waals surface area (Å²) >= 11 is 0. The first-order valence-corrected chi connectivity index (χ1v) is 31.0. The third-order valence-electron chi connectivity index (χ3n) is 12.9. The molecule has 1 atom stereocenters. The molecule has 0 N–H and O–H groups in total. The van der Waals surface area contributed by atoms with Gasteiger partial charge < -0.3 is 14.2 Å². The number of allylic oxidation sites excluding steroid dienone is 20. The fourth-order valence-corrected chi connectivity index (χ4v) is 8.28. The molecule has 0 fully saturated rings. The zero-order chi connectivity index (χ0) is 54.3. The molecule has 0 heterocycles. The van der Waals surface area contributed by atoms with E-state index in [1.807, 2.05) is 0 Å². The van der Waals surface area contributed by atoms with Crippen LogP contribution in [0.2, 0.25) is 0 Å². The van der Waals surface area contributed by atoms with Gasteiger partial charge in [0.25, 0.3) is 0 Å². The number of ether oxygens (including phenoxy) is 3. The van der Waals surface area contributed by atoms with Gasteiger partial charge >= 0.3 is 17.9 Å². The van der Waals surface area contributed by atoms with Crippen LogP contribution < -0.4 is 0 Å². The van der Waals surface area contributed by atoms with E-state index in [2.05, 4.69) is 142 Å². The second-order valence-corrected chi connectivity index (χ2v) is 20.2. The van der Waals surface area contributed by atoms with Crippen molar-refractivity contribution in [2.75, 3.05) is 13.2 Å². The summed E-state index contributed by atoms with van der Waals surface area (Å²) in [6.45, 7) is 6.42. The summed E-state index contributed by atoms with van der Waals surface area (Å²) in [6, 6.07) is 0. The van der Waals surface area contributed by atoms with Crippen molar-refractivity contribution < 1.29 is 28.6 Å². The minimum atomic E-state index is -0.793. The second-order valence-electron chi connectivity index (χ2n) is 20.2. The maximum Gasteiger partial charge on any atom is 0.306 e. The molecule has 0 aliphatic heterocycles. The number of esters is 3. The van der Waals surface area contributed by atoms with Crippen LogP contribution in [-0.4, -0.2) is 37.2 Å². The summed E-state index contributed by atoms with van der Waals surface area (Å²) in [5.41, 5.74) is 0. The van der Waals surface area contributed by atoms with E-state index < -0.39 is 6.10 Å². The summed E-state index contributed by atoms with van der Waals surface area (Å²) in [6.07, 6.45) is 86.4. The Labute approximate surface area is 462 Å². The molecule has 75 heavy (non-hydrogen) atoms. The van der Waals surface area contributed by atoms with Gasteiger partial charge in [-0.25, -0.2) is 0 Å². The second kappa shape index (κ2) is 62.4. The highest BCUT2D eigenvalue weighted by Crippen LogP contribution is 2.15. The largest absolute Gasteiger partial charge is 0.462 e. The van der Waals surface area contributed by atoms with E-state index in [0.29, 0.717) is 19.3 Å². The predicted molar refractivity (Wildman–Crippen MR) is 325 cm³/mol. The van der Waals surface area contributed by atoms with Crippen LogP contribution in [0.25, 0.3) is 0 Å². The Kier molecular flexibility index (Phi) is 58.9. The van der Waals surface area contributed by atoms with Gasteiger partial charge in [0.15, 0.2) is 6.10 Å². The minimum absolute atomic E-state index is 0.0912. The lowest BCUT2D eigenvalue weighted by molar-refractivity contribution is -0.167. The van der Waals surface area contributed by atoms with Crippen molar-refractivity contribution in [1.29, 1.82) is 0 Å². The maximum absolute atomic E-state index is 12.8. The Morgan fingerprint density at radius 1 is 0.280 bits per heavy atom. The molecule has 0 saturated carbocycles. The number of hydrogen-bond acceptors (Lipinski definition) is 6. The van der Waals surface area contributed by atoms with Crippen LogP contribution in [0.1, 0.15) is 278 Å². The van der Waals surface area contributed by atoms with Crippen molar-refractivity contribution in [1.82, 2.24) is 0 Å². The molecule has 0 aromatic carbocycles. The highest BCUT2D eigenvalue weighted by molar-refractivity contribution is 5.71. The average Bonchev–Trinajstić information content (AvgIpc) is 3.41. The fraction of sp³-hybridized carbons (Fsp3) is 0.667. The Bertz CT molecular complexity index is 1570. The first-order valence-electron chi connectivity index (χ1n) is 31.0. The molecule has 0 bridgehead atoms. The lowest BCUT2D eigenvalue weighted by Gasteiger charge is -2.18. The van der Waals surface area contributed by atoms with Gasteiger partial charge in [0, 0.05) is 19.3 Å². The van der Waals surface area contributed by atoms with Gasteiger partial charge in [0.05, 0.1) is 0 Å². The molecule has 0 radical (unpaired) electrons. The number of rotatable bonds is 55. The summed E-state index contributed by atoms with van der Waals surface area (Å²) in [7, 11) is 0. The van der Waals surface area contributed by atoms with Crippen LogP contribution >= 0.6 is 0 Å². The van der Waals surface area contributed by atoms with Crippen molar-refractivity contribution >= 4 is 17.9 Å². The van der Waals surface area contributed by atoms with E-state index in [1.54, 1.807) is 0 Å². The van der Waals surface area contributed by atoms with Crippen molar-refractivity contribution in [3.8, 4) is 0 Å². The molecule has 426 valence electrons. The molecule has 6 nitrogen and oxygen atoms in total. The van der Waals surface area contributed by atoms with E-state index in [-0.39, 0.29) is 31.1 Å². The molecule has 0 aromatic rings. The molecule has 0 aliphatic carbocycles. The minimum Gasteiger partial charge on any atom is -0.462 e. The van der Waals surface area contributed by atoms with Crippen LogP contribution in [0.15, 0.2) is 122 Å². The van der Waals surface area contributed by atoms with Crippen molar-refractivity contribution in [3.63, 3.8) is 0 Å². The molecule has 0 aromatic heterocycles. The van der Waals surface area contributed by atoms with Crippen molar-refractivity contribution in [2.24, 2.45) is 0 Å². The van der Waals surface area contributed by atoms with E-state index in [1.165, 1.54) is 83.5 Å². The van der Waals surface area contributed by atoms with Crippen LogP contribution in [0.5, 0.6) is 0 Å². The highest BCUT2D eigenvalue weighted by atomic mass is 16.6. The topological polar surface area (TPSA) is 78.9 Å². The fourth-order valence-electron chi connectivity index (χ4n) is 8.28. The van der Waals surface area contributed by atoms with Crippen LogP contribution in [0.4, 0.5) is 0 Å². The normalized spacial score (nSPS) is 12.9. The Balaban J connectivity index is 4.25. The third-order valence-corrected chi connectivity index (χ3v) is 12.9. The Hall–Kier alpha value is -4.19. The monoisotopic (exact) mass is 1040 g/mol. The molecule has 0 aliphatic rings. The first-order chi connectivity index (χ1) is 37.0. The van der Waals surface area contributed by atoms with Gasteiger partial charge in [-0.3, -0.25) is 14.4 Å². The van der Waals surface area contributed by atoms with Crippen molar-refractivity contribution in [3.05, 3.63) is 122 Å². The number of carbonyl (C=O) groups is 3. The summed E-state index contributed by atoms with van der Waals surface area (Å²) in [4.78, 5) is 38.1. The SMILES string of the molecule is CC/C=C\C/C=C\C/C=C\C/C=C\C/C=C\C/C=C\C/C=C\CCCCCCCCCCCC(=O)OCC(COC(=O)CCCCCCC/C=C\CCC)OC(=O)CCCCCCC/C=C\C/C=C\CCCCCC. The molecular weight excluding hydrogens is 925 g/mol. The third kappa shape index (κ3) is 60.6. The standard InChI is InChI=1S/C69H114O6/c1-4-7-10-13-16-19-22-24-26-28-29-30-31-32-33-34-35-36-37-38-39-40-41-42-44-45-47-50-53-56-59-62-68(71)74-65-66(64-73-67(70)61-58-55-52-49-21-18-15-12-9-6-3)75-69(72)63-60-57-54-51-48-46-43-27-25-23-20-17-14-11-8-5-2/h7,10,12,15-16,19-20,23-24,26-27,29-30,32-33,35-36,38-39,43,66H,4-6,8-9,11,13-14,17-18,21-22,25,28,31,34,37,40-42,44-65H2,1-3H3/b10-7-,15-12-,19-16-,23-20-,26-24-,30-29-,33-32-,36-35-,39-38-,43-27-. The molecule has 0 amide bonds. The zero-order valence-corrected chi connectivity index (χ0v) is 48.8. The van der Waals surface area contributed by atoms with Gasteiger partial charge in [-0.05, 0) is 128 Å². The number of unbranched alkanes of at least 4 members (excludes halogenated alkanes) is 24. The van der Waals surface area contributed by atoms with Crippen LogP contribution in [0, 0.1) is 0 Å². The molecule has 0 spiro atoms. The summed E-state index contributed by atoms with van der Waals surface area (Å²) in [5.74, 6) is -0.921. The summed E-state index contributed by atoms with van der Waals surface area (Å²) in [5, 5.41) is 0. The quantitative estimate of drug-likeness (QED) is 0.0261. The molecule has 0 saturated heterocycles. The smallest absolute Gasteiger partial charge is 0.306 e. The Morgan fingerprint density at radius 2 is 0.547 bits per heavy atom. The van der Waals surface area contributed by atoms with Crippen LogP contribution in [-0.2, 0) is 28.6 Å². The van der Waals surface area contributed by atoms with Gasteiger partial charge in [0.2, 0.25) is 0 Å². The molecule has 1 unspecified atom stereocenters. The predicted octanol–water partition coefficient (Wildman–Crippen LogP) is 21.2. The van der Waals surface area contributed by atoms with Crippen molar-refractivity contribution in [2.45, 2.75) is 284 Å². The van der Waals surface area contributed by atoms with E-state index >= 15 is 0 Å². The molecular formula is C69H114O6. The average molecular weight is 1040 g/mol. The Morgan fingerprint density at radius 3 is 0.880 bits per heavy atom. The van der Waals surface area contributed by atoms with E-state index in [4.69, 9.17) is 14.2 Å². The highest BCUT2D eigenvalue weighted by Gasteiger charge is 2.19. The van der Waals surface area contributed by atoms with Gasteiger partial charge in [-0.2, -0.15) is 0 Å². The van der Waals surface area contributed by atoms with Crippen LogP contribution in [0.3, 0.4) is 0 Å². The first kappa shape index (κ1) is 70.8. The molecule has 6 heteroatoms. The molecule has 0 rings (SSSR count). The van der Waals surface area contributed by atoms with Gasteiger partial charge in [-0.1, -0.05) is 251 Å². The lowest BCUT2D eigenvalue weighted by atomic mass is 10.1. The number of carbonyl (C=O) groups excluding carboxylic acids is 3. The maximum atomic E-state index is 12.8. The van der Waals surface area contributed by atoms with Gasteiger partial charge in [0.1, 0.15) is 13.2 Å². The van der Waals surface area contributed by atoms with E-state index in [0.717, 1.165) is 154 Å². The zero-order valence-electron chi connectivity index (χ0n) is 48.8. The number of hydrogen-bond donors (Lipinski definition) is 0.